The zero-order chi connectivity index (χ0) is 23.0. The van der Waals surface area contributed by atoms with Gasteiger partial charge < -0.3 is 14.6 Å². The van der Waals surface area contributed by atoms with Crippen molar-refractivity contribution in [2.75, 3.05) is 23.8 Å². The molecule has 0 aliphatic carbocycles. The minimum atomic E-state index is -3.75. The smallest absolute Gasteiger partial charge is 0.263 e. The largest absolute Gasteiger partial charge is 0.504 e. The summed E-state index contributed by atoms with van der Waals surface area (Å²) in [6, 6.07) is 9.99. The first-order chi connectivity index (χ1) is 14.7. The Morgan fingerprint density at radius 3 is 2.39 bits per heavy atom. The Labute approximate surface area is 182 Å². The van der Waals surface area contributed by atoms with Crippen LogP contribution in [0.4, 0.5) is 5.69 Å². The maximum absolute atomic E-state index is 12.6. The first-order valence-corrected chi connectivity index (χ1v) is 11.5. The van der Waals surface area contributed by atoms with E-state index in [1.807, 2.05) is 6.92 Å². The Kier molecular flexibility index (Phi) is 8.26. The molecule has 0 saturated heterocycles. The van der Waals surface area contributed by atoms with Crippen molar-refractivity contribution < 1.29 is 27.8 Å². The summed E-state index contributed by atoms with van der Waals surface area (Å²) in [5.74, 6) is 0.279. The van der Waals surface area contributed by atoms with E-state index in [9.17, 15) is 18.3 Å². The van der Waals surface area contributed by atoms with Gasteiger partial charge in [-0.1, -0.05) is 0 Å². The number of anilines is 1. The number of nitrogens with one attached hydrogen (secondary N) is 1. The van der Waals surface area contributed by atoms with Gasteiger partial charge in [0.15, 0.2) is 11.5 Å². The number of carbonyl (C=O) groups is 1. The molecular formula is C21H27N3O6S. The number of benzene rings is 2. The normalized spacial score (nSPS) is 12.4. The molecule has 0 aliphatic heterocycles. The van der Waals surface area contributed by atoms with Crippen LogP contribution in [0.1, 0.15) is 26.3 Å². The lowest BCUT2D eigenvalue weighted by molar-refractivity contribution is -0.121. The van der Waals surface area contributed by atoms with Gasteiger partial charge in [-0.15, -0.1) is 0 Å². The van der Waals surface area contributed by atoms with E-state index in [0.29, 0.717) is 36.0 Å². The molecular weight excluding hydrogens is 422 g/mol. The minimum Gasteiger partial charge on any atom is -0.504 e. The summed E-state index contributed by atoms with van der Waals surface area (Å²) in [7, 11) is -3.75. The average molecular weight is 450 g/mol. The summed E-state index contributed by atoms with van der Waals surface area (Å²) >= 11 is 0. The lowest BCUT2D eigenvalue weighted by atomic mass is 10.2. The van der Waals surface area contributed by atoms with Crippen LogP contribution >= 0.6 is 0 Å². The molecule has 168 valence electrons. The van der Waals surface area contributed by atoms with E-state index in [1.165, 1.54) is 19.2 Å². The third kappa shape index (κ3) is 6.61. The number of hydrogen-bond acceptors (Lipinski definition) is 7. The van der Waals surface area contributed by atoms with Gasteiger partial charge >= 0.3 is 0 Å². The molecule has 9 nitrogen and oxygen atoms in total. The van der Waals surface area contributed by atoms with E-state index in [4.69, 9.17) is 9.47 Å². The van der Waals surface area contributed by atoms with Crippen molar-refractivity contribution in [2.45, 2.75) is 26.8 Å². The first-order valence-electron chi connectivity index (χ1n) is 9.68. The molecule has 0 bridgehead atoms. The van der Waals surface area contributed by atoms with Crippen LogP contribution in [0, 0.1) is 0 Å². The van der Waals surface area contributed by atoms with E-state index in [1.54, 1.807) is 43.3 Å². The Hall–Kier alpha value is -3.27. The van der Waals surface area contributed by atoms with Gasteiger partial charge in [-0.2, -0.15) is 5.10 Å². The zero-order valence-corrected chi connectivity index (χ0v) is 18.7. The number of rotatable bonds is 10. The second-order valence-electron chi connectivity index (χ2n) is 6.56. The van der Waals surface area contributed by atoms with Gasteiger partial charge in [0, 0.05) is 0 Å². The molecule has 0 aliphatic rings. The van der Waals surface area contributed by atoms with E-state index in [2.05, 4.69) is 10.5 Å². The fraction of sp³-hybridized carbons (Fsp3) is 0.333. The number of ether oxygens (including phenoxy) is 2. The van der Waals surface area contributed by atoms with Gasteiger partial charge in [0.25, 0.3) is 5.91 Å². The number of carbonyl (C=O) groups excluding carboxylic acids is 1. The molecule has 0 radical (unpaired) electrons. The van der Waals surface area contributed by atoms with Crippen LogP contribution in [0.15, 0.2) is 47.6 Å². The molecule has 0 aromatic heterocycles. The molecule has 0 spiro atoms. The van der Waals surface area contributed by atoms with Crippen molar-refractivity contribution in [3.63, 3.8) is 0 Å². The Balaban J connectivity index is 2.15. The number of aromatic hydroxyl groups is 1. The first kappa shape index (κ1) is 24.0. The molecule has 2 N–H and O–H groups in total. The Bertz CT molecular complexity index is 1020. The molecule has 0 saturated carbocycles. The molecule has 10 heteroatoms. The highest BCUT2D eigenvalue weighted by Gasteiger charge is 2.29. The minimum absolute atomic E-state index is 0.00388. The molecule has 2 rings (SSSR count). The van der Waals surface area contributed by atoms with E-state index in [-0.39, 0.29) is 5.75 Å². The van der Waals surface area contributed by atoms with E-state index < -0.39 is 22.0 Å². The number of nitrogens with zero attached hydrogens (tertiary/aromatic N) is 2. The van der Waals surface area contributed by atoms with Crippen molar-refractivity contribution >= 4 is 27.8 Å². The Morgan fingerprint density at radius 1 is 1.16 bits per heavy atom. The number of hydrazone groups is 1. The van der Waals surface area contributed by atoms with Crippen LogP contribution in [0.2, 0.25) is 0 Å². The molecule has 1 amide bonds. The lowest BCUT2D eigenvalue weighted by Crippen LogP contribution is -2.46. The number of sulfonamides is 1. The van der Waals surface area contributed by atoms with Crippen LogP contribution in [-0.4, -0.2) is 51.2 Å². The fourth-order valence-electron chi connectivity index (χ4n) is 2.81. The molecule has 2 aromatic rings. The standard InChI is InChI=1S/C21H27N3O6S/c1-5-29-18-10-8-17(9-11-18)24(31(4,27)28)15(3)21(26)23-22-14-16-7-12-19(25)20(13-16)30-6-2/h7-15,25H,5-6H2,1-4H3,(H,23,26)/b22-14-/t15-/m1/s1. The fourth-order valence-corrected chi connectivity index (χ4v) is 3.99. The van der Waals surface area contributed by atoms with Gasteiger partial charge in [0.05, 0.1) is 31.4 Å². The molecule has 0 fully saturated rings. The quantitative estimate of drug-likeness (QED) is 0.425. The van der Waals surface area contributed by atoms with Crippen LogP contribution in [0.25, 0.3) is 0 Å². The molecule has 31 heavy (non-hydrogen) atoms. The lowest BCUT2D eigenvalue weighted by Gasteiger charge is -2.27. The third-order valence-electron chi connectivity index (χ3n) is 4.16. The predicted molar refractivity (Wildman–Crippen MR) is 119 cm³/mol. The summed E-state index contributed by atoms with van der Waals surface area (Å²) in [6.07, 6.45) is 2.40. The second kappa shape index (κ2) is 10.7. The molecule has 1 atom stereocenters. The third-order valence-corrected chi connectivity index (χ3v) is 5.40. The van der Waals surface area contributed by atoms with E-state index >= 15 is 0 Å². The Morgan fingerprint density at radius 2 is 1.81 bits per heavy atom. The van der Waals surface area contributed by atoms with Gasteiger partial charge in [-0.05, 0) is 68.8 Å². The van der Waals surface area contributed by atoms with Crippen LogP contribution in [-0.2, 0) is 14.8 Å². The molecule has 2 aromatic carbocycles. The van der Waals surface area contributed by atoms with Crippen molar-refractivity contribution in [3.05, 3.63) is 48.0 Å². The zero-order valence-electron chi connectivity index (χ0n) is 17.9. The summed E-state index contributed by atoms with van der Waals surface area (Å²) in [5.41, 5.74) is 3.26. The van der Waals surface area contributed by atoms with E-state index in [0.717, 1.165) is 10.6 Å². The summed E-state index contributed by atoms with van der Waals surface area (Å²) in [5, 5.41) is 13.6. The predicted octanol–water partition coefficient (Wildman–Crippen LogP) is 2.49. The highest BCUT2D eigenvalue weighted by atomic mass is 32.2. The number of hydrogen-bond donors (Lipinski definition) is 2. The number of amides is 1. The SMILES string of the molecule is CCOc1ccc(N([C@H](C)C(=O)N/N=C\c2ccc(O)c(OCC)c2)S(C)(=O)=O)cc1. The highest BCUT2D eigenvalue weighted by molar-refractivity contribution is 7.92. The average Bonchev–Trinajstić information content (AvgIpc) is 2.71. The number of phenols is 1. The molecule has 0 heterocycles. The van der Waals surface area contributed by atoms with Crippen molar-refractivity contribution in [3.8, 4) is 17.2 Å². The van der Waals surface area contributed by atoms with Gasteiger partial charge in [0.1, 0.15) is 11.8 Å². The van der Waals surface area contributed by atoms with Gasteiger partial charge in [-0.25, -0.2) is 13.8 Å². The van der Waals surface area contributed by atoms with Crippen LogP contribution in [0.5, 0.6) is 17.2 Å². The van der Waals surface area contributed by atoms with Gasteiger partial charge in [-0.3, -0.25) is 9.10 Å². The van der Waals surface area contributed by atoms with Crippen LogP contribution < -0.4 is 19.2 Å². The summed E-state index contributed by atoms with van der Waals surface area (Å²) < 4.78 is 36.4. The van der Waals surface area contributed by atoms with Crippen molar-refractivity contribution in [1.82, 2.24) is 5.43 Å². The maximum atomic E-state index is 12.6. The topological polar surface area (TPSA) is 118 Å². The van der Waals surface area contributed by atoms with Crippen molar-refractivity contribution in [2.24, 2.45) is 5.10 Å². The second-order valence-corrected chi connectivity index (χ2v) is 8.42. The van der Waals surface area contributed by atoms with Gasteiger partial charge in [0.2, 0.25) is 10.0 Å². The number of phenolic OH excluding ortho intramolecular Hbond substituents is 1. The monoisotopic (exact) mass is 449 g/mol. The maximum Gasteiger partial charge on any atom is 0.263 e. The van der Waals surface area contributed by atoms with Crippen LogP contribution in [0.3, 0.4) is 0 Å². The van der Waals surface area contributed by atoms with Crippen molar-refractivity contribution in [1.29, 1.82) is 0 Å². The summed E-state index contributed by atoms with van der Waals surface area (Å²) in [6.45, 7) is 5.98. The summed E-state index contributed by atoms with van der Waals surface area (Å²) in [4.78, 5) is 12.6. The molecule has 0 unspecified atom stereocenters. The highest BCUT2D eigenvalue weighted by Crippen LogP contribution is 2.26.